The van der Waals surface area contributed by atoms with E-state index >= 15 is 0 Å². The van der Waals surface area contributed by atoms with Crippen LogP contribution >= 0.6 is 0 Å². The second-order valence-electron chi connectivity index (χ2n) is 8.27. The molecule has 1 aliphatic carbocycles. The summed E-state index contributed by atoms with van der Waals surface area (Å²) in [4.78, 5) is 38.2. The monoisotopic (exact) mass is 412 g/mol. The number of benzene rings is 1. The zero-order valence-corrected chi connectivity index (χ0v) is 17.3. The fourth-order valence-electron chi connectivity index (χ4n) is 4.09. The van der Waals surface area contributed by atoms with Crippen LogP contribution in [-0.2, 0) is 16.0 Å². The smallest absolute Gasteiger partial charge is 0.338 e. The quantitative estimate of drug-likeness (QED) is 0.698. The molecule has 1 aromatic carbocycles. The number of hydrogen-bond acceptors (Lipinski definition) is 5. The summed E-state index contributed by atoms with van der Waals surface area (Å²) in [7, 11) is 0. The molecule has 0 spiro atoms. The Morgan fingerprint density at radius 3 is 2.70 bits per heavy atom. The minimum Gasteiger partial charge on any atom is -0.353 e. The molecular formula is C23H28N2O5. The van der Waals surface area contributed by atoms with E-state index in [1.807, 2.05) is 0 Å². The van der Waals surface area contributed by atoms with Gasteiger partial charge in [-0.2, -0.15) is 4.57 Å². The molecule has 1 aromatic heterocycles. The Labute approximate surface area is 175 Å². The van der Waals surface area contributed by atoms with Crippen LogP contribution in [0.2, 0.25) is 0 Å². The van der Waals surface area contributed by atoms with Gasteiger partial charge < -0.3 is 9.47 Å². The summed E-state index contributed by atoms with van der Waals surface area (Å²) >= 11 is 0. The molecule has 1 saturated carbocycles. The first-order valence-corrected chi connectivity index (χ1v) is 10.7. The zero-order chi connectivity index (χ0) is 21.1. The summed E-state index contributed by atoms with van der Waals surface area (Å²) in [5, 5.41) is 0. The minimum absolute atomic E-state index is 0.0752. The van der Waals surface area contributed by atoms with Crippen LogP contribution in [0.5, 0.6) is 0 Å². The summed E-state index contributed by atoms with van der Waals surface area (Å²) in [6.07, 6.45) is 6.66. The molecule has 0 radical (unpaired) electrons. The van der Waals surface area contributed by atoms with Crippen molar-refractivity contribution in [1.82, 2.24) is 9.13 Å². The largest absolute Gasteiger partial charge is 0.353 e. The van der Waals surface area contributed by atoms with Gasteiger partial charge in [-0.25, -0.2) is 4.79 Å². The molecular weight excluding hydrogens is 384 g/mol. The Morgan fingerprint density at radius 1 is 1.17 bits per heavy atom. The van der Waals surface area contributed by atoms with Gasteiger partial charge in [-0.3, -0.25) is 14.2 Å². The molecule has 0 amide bonds. The van der Waals surface area contributed by atoms with Crippen molar-refractivity contribution in [2.45, 2.75) is 51.9 Å². The van der Waals surface area contributed by atoms with Gasteiger partial charge >= 0.3 is 5.69 Å². The summed E-state index contributed by atoms with van der Waals surface area (Å²) in [5.74, 6) is 0.262. The van der Waals surface area contributed by atoms with Gasteiger partial charge in [0.05, 0.1) is 6.61 Å². The molecule has 0 N–H and O–H groups in total. The molecule has 7 nitrogen and oxygen atoms in total. The summed E-state index contributed by atoms with van der Waals surface area (Å²) in [6.45, 7) is 3.57. The lowest BCUT2D eigenvalue weighted by molar-refractivity contribution is -0.163. The first-order chi connectivity index (χ1) is 14.5. The van der Waals surface area contributed by atoms with Gasteiger partial charge in [-0.15, -0.1) is 0 Å². The number of carbonyl (C=O) groups excluding carboxylic acids is 1. The van der Waals surface area contributed by atoms with Gasteiger partial charge in [0.25, 0.3) is 11.5 Å². The summed E-state index contributed by atoms with van der Waals surface area (Å²) in [5.41, 5.74) is -0.426. The van der Waals surface area contributed by atoms with Gasteiger partial charge in [-0.05, 0) is 63.0 Å². The van der Waals surface area contributed by atoms with E-state index in [4.69, 9.17) is 9.47 Å². The van der Waals surface area contributed by atoms with Gasteiger partial charge in [0.1, 0.15) is 0 Å². The molecule has 2 fully saturated rings. The topological polar surface area (TPSA) is 79.5 Å². The molecule has 7 heteroatoms. The van der Waals surface area contributed by atoms with E-state index in [0.29, 0.717) is 36.1 Å². The van der Waals surface area contributed by atoms with Crippen molar-refractivity contribution in [2.24, 2.45) is 11.8 Å². The Kier molecular flexibility index (Phi) is 6.29. The number of nitrogens with zero attached hydrogens (tertiary/aromatic N) is 2. The predicted octanol–water partition coefficient (Wildman–Crippen LogP) is 2.58. The lowest BCUT2D eigenvalue weighted by Gasteiger charge is -2.22. The molecule has 0 bridgehead atoms. The van der Waals surface area contributed by atoms with E-state index in [1.54, 1.807) is 43.5 Å². The van der Waals surface area contributed by atoms with Gasteiger partial charge in [-0.1, -0.05) is 18.2 Å². The molecule has 160 valence electrons. The second-order valence-corrected chi connectivity index (χ2v) is 8.27. The van der Waals surface area contributed by atoms with E-state index < -0.39 is 17.2 Å². The summed E-state index contributed by atoms with van der Waals surface area (Å²) < 4.78 is 13.7. The number of hydrogen-bond donors (Lipinski definition) is 0. The highest BCUT2D eigenvalue weighted by Crippen LogP contribution is 2.42. The Morgan fingerprint density at radius 2 is 1.97 bits per heavy atom. The van der Waals surface area contributed by atoms with Crippen molar-refractivity contribution in [2.75, 3.05) is 13.2 Å². The average molecular weight is 412 g/mol. The zero-order valence-electron chi connectivity index (χ0n) is 17.3. The molecule has 2 aromatic rings. The standard InChI is InChI=1S/C23H28N2O5/c1-16-14-24(15-19-13-18(19)10-12-30-20-9-5-6-11-29-20)23(28)25(21(16)26)22(27)17-7-3-2-4-8-17/h2-4,7-8,14,18-20H,5-6,9-13,15H2,1H3/t18-,19-,20?/m0/s1. The van der Waals surface area contributed by atoms with Crippen molar-refractivity contribution in [1.29, 1.82) is 0 Å². The van der Waals surface area contributed by atoms with Crippen molar-refractivity contribution in [3.8, 4) is 0 Å². The van der Waals surface area contributed by atoms with E-state index in [1.165, 1.54) is 4.57 Å². The van der Waals surface area contributed by atoms with Crippen LogP contribution in [0.1, 0.15) is 48.0 Å². The maximum Gasteiger partial charge on any atom is 0.338 e. The number of rotatable bonds is 7. The highest BCUT2D eigenvalue weighted by atomic mass is 16.7. The number of aryl methyl sites for hydroxylation is 1. The van der Waals surface area contributed by atoms with Crippen LogP contribution in [0, 0.1) is 18.8 Å². The van der Waals surface area contributed by atoms with E-state index in [-0.39, 0.29) is 6.29 Å². The fourth-order valence-corrected chi connectivity index (χ4v) is 4.09. The van der Waals surface area contributed by atoms with Gasteiger partial charge in [0.2, 0.25) is 0 Å². The van der Waals surface area contributed by atoms with Crippen molar-refractivity contribution in [3.05, 3.63) is 68.5 Å². The molecule has 1 unspecified atom stereocenters. The molecule has 2 aliphatic rings. The first kappa shape index (κ1) is 20.8. The van der Waals surface area contributed by atoms with Crippen LogP contribution in [-0.4, -0.2) is 34.5 Å². The van der Waals surface area contributed by atoms with Gasteiger partial charge in [0, 0.05) is 30.5 Å². The molecule has 1 aliphatic heterocycles. The third-order valence-corrected chi connectivity index (χ3v) is 5.98. The van der Waals surface area contributed by atoms with Crippen LogP contribution in [0.15, 0.2) is 46.1 Å². The predicted molar refractivity (Wildman–Crippen MR) is 112 cm³/mol. The normalized spacial score (nSPS) is 23.3. The van der Waals surface area contributed by atoms with E-state index in [9.17, 15) is 14.4 Å². The van der Waals surface area contributed by atoms with Crippen molar-refractivity contribution < 1.29 is 14.3 Å². The number of ether oxygens (including phenoxy) is 2. The minimum atomic E-state index is -0.587. The fraction of sp³-hybridized carbons (Fsp3) is 0.522. The maximum atomic E-state index is 12.9. The number of aromatic nitrogens is 2. The Balaban J connectivity index is 1.40. The molecule has 4 rings (SSSR count). The molecule has 3 atom stereocenters. The Hall–Kier alpha value is -2.51. The average Bonchev–Trinajstić information content (AvgIpc) is 3.51. The third-order valence-electron chi connectivity index (χ3n) is 5.98. The van der Waals surface area contributed by atoms with Crippen molar-refractivity contribution in [3.63, 3.8) is 0 Å². The summed E-state index contributed by atoms with van der Waals surface area (Å²) in [6, 6.07) is 8.41. The molecule has 30 heavy (non-hydrogen) atoms. The van der Waals surface area contributed by atoms with Gasteiger partial charge in [0.15, 0.2) is 6.29 Å². The Bertz CT molecular complexity index is 1000. The maximum absolute atomic E-state index is 12.9. The van der Waals surface area contributed by atoms with Crippen LogP contribution in [0.3, 0.4) is 0 Å². The van der Waals surface area contributed by atoms with Crippen LogP contribution in [0.25, 0.3) is 0 Å². The first-order valence-electron chi connectivity index (χ1n) is 10.7. The molecule has 1 saturated heterocycles. The second kappa shape index (κ2) is 9.10. The lowest BCUT2D eigenvalue weighted by atomic mass is 10.2. The lowest BCUT2D eigenvalue weighted by Crippen LogP contribution is -2.44. The van der Waals surface area contributed by atoms with Crippen LogP contribution < -0.4 is 11.2 Å². The highest BCUT2D eigenvalue weighted by Gasteiger charge is 2.37. The highest BCUT2D eigenvalue weighted by molar-refractivity contribution is 5.95. The van der Waals surface area contributed by atoms with Crippen LogP contribution in [0.4, 0.5) is 0 Å². The number of carbonyl (C=O) groups is 1. The molecule has 2 heterocycles. The van der Waals surface area contributed by atoms with E-state index in [2.05, 4.69) is 0 Å². The third kappa shape index (κ3) is 4.63. The van der Waals surface area contributed by atoms with Crippen molar-refractivity contribution >= 4 is 5.91 Å². The SMILES string of the molecule is Cc1cn(C[C@@H]2C[C@@H]2CCOC2CCCCO2)c(=O)n(C(=O)c2ccccc2)c1=O. The van der Waals surface area contributed by atoms with E-state index in [0.717, 1.165) is 43.3 Å².